The molecule has 0 atom stereocenters. The third-order valence-corrected chi connectivity index (χ3v) is 4.22. The Labute approximate surface area is 142 Å². The molecule has 0 radical (unpaired) electrons. The number of benzene rings is 2. The van der Waals surface area contributed by atoms with E-state index in [9.17, 15) is 4.79 Å². The molecule has 0 unspecified atom stereocenters. The summed E-state index contributed by atoms with van der Waals surface area (Å²) in [5.41, 5.74) is 2.27. The average Bonchev–Trinajstić information content (AvgIpc) is 2.67. The number of hydrogen-bond donors (Lipinski definition) is 1. The molecule has 5 nitrogen and oxygen atoms in total. The van der Waals surface area contributed by atoms with Crippen LogP contribution in [0.2, 0.25) is 0 Å². The maximum atomic E-state index is 11.5. The summed E-state index contributed by atoms with van der Waals surface area (Å²) < 4.78 is 5.80. The number of nitrogens with zero attached hydrogens (tertiary/aromatic N) is 2. The van der Waals surface area contributed by atoms with E-state index in [4.69, 9.17) is 9.84 Å². The molecule has 2 aromatic carbocycles. The van der Waals surface area contributed by atoms with Crippen LogP contribution in [-0.4, -0.2) is 48.7 Å². The summed E-state index contributed by atoms with van der Waals surface area (Å²) in [6, 6.07) is 18.1. The van der Waals surface area contributed by atoms with Crippen molar-refractivity contribution in [1.82, 2.24) is 4.90 Å². The highest BCUT2D eigenvalue weighted by atomic mass is 16.5. The second kappa shape index (κ2) is 7.84. The second-order valence-electron chi connectivity index (χ2n) is 5.79. The van der Waals surface area contributed by atoms with Gasteiger partial charge in [-0.15, -0.1) is 0 Å². The number of amides is 1. The Hall–Kier alpha value is -2.53. The van der Waals surface area contributed by atoms with Gasteiger partial charge in [0.25, 0.3) is 0 Å². The summed E-state index contributed by atoms with van der Waals surface area (Å²) >= 11 is 0. The first-order valence-electron chi connectivity index (χ1n) is 8.16. The van der Waals surface area contributed by atoms with Crippen LogP contribution >= 0.6 is 0 Å². The van der Waals surface area contributed by atoms with Crippen molar-refractivity contribution in [3.8, 4) is 5.75 Å². The molecule has 1 fully saturated rings. The van der Waals surface area contributed by atoms with Crippen LogP contribution in [0.3, 0.4) is 0 Å². The van der Waals surface area contributed by atoms with Crippen molar-refractivity contribution in [2.75, 3.05) is 37.7 Å². The molecule has 2 aromatic rings. The van der Waals surface area contributed by atoms with Crippen molar-refractivity contribution in [3.05, 3.63) is 60.2 Å². The number of ether oxygens (including phenoxy) is 1. The van der Waals surface area contributed by atoms with Crippen LogP contribution in [0, 0.1) is 0 Å². The van der Waals surface area contributed by atoms with Crippen molar-refractivity contribution in [1.29, 1.82) is 0 Å². The molecule has 1 saturated heterocycles. The van der Waals surface area contributed by atoms with Crippen LogP contribution in [0.4, 0.5) is 5.69 Å². The molecule has 1 aliphatic heterocycles. The molecule has 0 bridgehead atoms. The molecule has 5 heteroatoms. The Bertz CT molecular complexity index is 650. The minimum atomic E-state index is -0.409. The van der Waals surface area contributed by atoms with Crippen LogP contribution in [-0.2, 0) is 11.4 Å². The van der Waals surface area contributed by atoms with Crippen LogP contribution < -0.4 is 9.64 Å². The summed E-state index contributed by atoms with van der Waals surface area (Å²) in [6.07, 6.45) is 0. The molecule has 0 aliphatic carbocycles. The normalized spacial score (nSPS) is 14.5. The molecule has 1 aliphatic rings. The molecular formula is C19H22N2O3. The lowest BCUT2D eigenvalue weighted by Crippen LogP contribution is -2.49. The molecule has 1 amide bonds. The molecule has 24 heavy (non-hydrogen) atoms. The van der Waals surface area contributed by atoms with E-state index in [-0.39, 0.29) is 5.91 Å². The van der Waals surface area contributed by atoms with Gasteiger partial charge in [0, 0.05) is 31.9 Å². The van der Waals surface area contributed by atoms with E-state index in [0.29, 0.717) is 19.7 Å². The zero-order valence-electron chi connectivity index (χ0n) is 13.6. The molecule has 0 aromatic heterocycles. The predicted octanol–water partition coefficient (Wildman–Crippen LogP) is 1.91. The Balaban J connectivity index is 1.52. The van der Waals surface area contributed by atoms with E-state index in [1.165, 1.54) is 0 Å². The fraction of sp³-hybridized carbons (Fsp3) is 0.316. The largest absolute Gasteiger partial charge is 0.489 e. The van der Waals surface area contributed by atoms with Gasteiger partial charge in [0.05, 0.1) is 0 Å². The smallest absolute Gasteiger partial charge is 0.248 e. The van der Waals surface area contributed by atoms with Gasteiger partial charge in [-0.3, -0.25) is 4.79 Å². The second-order valence-corrected chi connectivity index (χ2v) is 5.79. The Morgan fingerprint density at radius 1 is 0.958 bits per heavy atom. The summed E-state index contributed by atoms with van der Waals surface area (Å²) in [7, 11) is 0. The van der Waals surface area contributed by atoms with E-state index in [0.717, 1.165) is 30.1 Å². The van der Waals surface area contributed by atoms with Crippen molar-refractivity contribution in [3.63, 3.8) is 0 Å². The lowest BCUT2D eigenvalue weighted by Gasteiger charge is -2.35. The maximum Gasteiger partial charge on any atom is 0.248 e. The number of aliphatic hydroxyl groups is 1. The van der Waals surface area contributed by atoms with Crippen LogP contribution in [0.5, 0.6) is 5.75 Å². The molecular weight excluding hydrogens is 304 g/mol. The monoisotopic (exact) mass is 326 g/mol. The van der Waals surface area contributed by atoms with Gasteiger partial charge in [-0.25, -0.2) is 0 Å². The topological polar surface area (TPSA) is 53.0 Å². The highest BCUT2D eigenvalue weighted by molar-refractivity contribution is 5.77. The zero-order valence-corrected chi connectivity index (χ0v) is 13.6. The number of aliphatic hydroxyl groups excluding tert-OH is 1. The van der Waals surface area contributed by atoms with Gasteiger partial charge in [-0.05, 0) is 29.8 Å². The number of carbonyl (C=O) groups excluding carboxylic acids is 1. The number of carbonyl (C=O) groups is 1. The van der Waals surface area contributed by atoms with Gasteiger partial charge in [0.1, 0.15) is 19.0 Å². The quantitative estimate of drug-likeness (QED) is 0.912. The highest BCUT2D eigenvalue weighted by Gasteiger charge is 2.20. The van der Waals surface area contributed by atoms with Gasteiger partial charge in [-0.2, -0.15) is 0 Å². The van der Waals surface area contributed by atoms with Crippen LogP contribution in [0.25, 0.3) is 0 Å². The first-order valence-corrected chi connectivity index (χ1v) is 8.16. The number of rotatable bonds is 5. The Morgan fingerprint density at radius 2 is 1.62 bits per heavy atom. The van der Waals surface area contributed by atoms with E-state index < -0.39 is 6.61 Å². The Morgan fingerprint density at radius 3 is 2.25 bits per heavy atom. The third-order valence-electron chi connectivity index (χ3n) is 4.22. The van der Waals surface area contributed by atoms with Gasteiger partial charge in [0.2, 0.25) is 5.91 Å². The molecule has 0 saturated carbocycles. The summed E-state index contributed by atoms with van der Waals surface area (Å²) in [5.74, 6) is 0.649. The zero-order chi connectivity index (χ0) is 16.8. The summed E-state index contributed by atoms with van der Waals surface area (Å²) in [4.78, 5) is 15.4. The van der Waals surface area contributed by atoms with Crippen molar-refractivity contribution >= 4 is 11.6 Å². The van der Waals surface area contributed by atoms with Crippen LogP contribution in [0.15, 0.2) is 54.6 Å². The van der Waals surface area contributed by atoms with Gasteiger partial charge < -0.3 is 19.6 Å². The first-order chi connectivity index (χ1) is 11.8. The fourth-order valence-electron chi connectivity index (χ4n) is 2.81. The molecule has 0 spiro atoms. The van der Waals surface area contributed by atoms with Crippen molar-refractivity contribution in [2.24, 2.45) is 0 Å². The third kappa shape index (κ3) is 4.06. The lowest BCUT2D eigenvalue weighted by atomic mass is 10.2. The standard InChI is InChI=1S/C19H22N2O3/c22-14-19(23)21-12-10-20(11-13-21)17-6-8-18(9-7-17)24-15-16-4-2-1-3-5-16/h1-9,22H,10-15H2. The lowest BCUT2D eigenvalue weighted by molar-refractivity contribution is -0.134. The molecule has 1 heterocycles. The minimum Gasteiger partial charge on any atom is -0.489 e. The van der Waals surface area contributed by atoms with Crippen LogP contribution in [0.1, 0.15) is 5.56 Å². The number of piperazine rings is 1. The minimum absolute atomic E-state index is 0.195. The average molecular weight is 326 g/mol. The first kappa shape index (κ1) is 16.3. The van der Waals surface area contributed by atoms with E-state index in [1.807, 2.05) is 54.6 Å². The van der Waals surface area contributed by atoms with E-state index in [1.54, 1.807) is 4.90 Å². The Kier molecular flexibility index (Phi) is 5.33. The SMILES string of the molecule is O=C(CO)N1CCN(c2ccc(OCc3ccccc3)cc2)CC1. The van der Waals surface area contributed by atoms with Crippen molar-refractivity contribution < 1.29 is 14.6 Å². The predicted molar refractivity (Wildman–Crippen MR) is 93.1 cm³/mol. The van der Waals surface area contributed by atoms with E-state index in [2.05, 4.69) is 4.90 Å². The van der Waals surface area contributed by atoms with E-state index >= 15 is 0 Å². The molecule has 3 rings (SSSR count). The maximum absolute atomic E-state index is 11.5. The summed E-state index contributed by atoms with van der Waals surface area (Å²) in [5, 5.41) is 8.91. The number of hydrogen-bond acceptors (Lipinski definition) is 4. The number of anilines is 1. The fourth-order valence-corrected chi connectivity index (χ4v) is 2.81. The van der Waals surface area contributed by atoms with Gasteiger partial charge >= 0.3 is 0 Å². The van der Waals surface area contributed by atoms with Crippen molar-refractivity contribution in [2.45, 2.75) is 6.61 Å². The highest BCUT2D eigenvalue weighted by Crippen LogP contribution is 2.21. The summed E-state index contributed by atoms with van der Waals surface area (Å²) in [6.45, 7) is 2.98. The molecule has 126 valence electrons. The van der Waals surface area contributed by atoms with Gasteiger partial charge in [-0.1, -0.05) is 30.3 Å². The molecule has 1 N–H and O–H groups in total. The van der Waals surface area contributed by atoms with Gasteiger partial charge in [0.15, 0.2) is 0 Å².